The molecule has 3 heterocycles. The third-order valence-electron chi connectivity index (χ3n) is 7.79. The third kappa shape index (κ3) is 4.14. The highest BCUT2D eigenvalue weighted by Crippen LogP contribution is 2.64. The first-order valence-electron chi connectivity index (χ1n) is 11.9. The third-order valence-corrected chi connectivity index (χ3v) is 7.79. The van der Waals surface area contributed by atoms with Crippen molar-refractivity contribution in [3.8, 4) is 11.3 Å². The van der Waals surface area contributed by atoms with Gasteiger partial charge in [0.05, 0.1) is 17.4 Å². The van der Waals surface area contributed by atoms with Crippen LogP contribution in [0.25, 0.3) is 11.3 Å². The number of fused-ring (bicyclic) bond motifs is 1. The molecule has 2 aromatic rings. The fraction of sp³-hybridized carbons (Fsp3) is 0.667. The van der Waals surface area contributed by atoms with Crippen molar-refractivity contribution in [2.24, 2.45) is 11.8 Å². The van der Waals surface area contributed by atoms with Crippen molar-refractivity contribution in [1.29, 1.82) is 0 Å². The van der Waals surface area contributed by atoms with Crippen LogP contribution in [0.15, 0.2) is 18.3 Å². The van der Waals surface area contributed by atoms with E-state index in [4.69, 9.17) is 15.6 Å². The van der Waals surface area contributed by atoms with Crippen molar-refractivity contribution in [3.63, 3.8) is 0 Å². The lowest BCUT2D eigenvalue weighted by molar-refractivity contribution is -0.137. The van der Waals surface area contributed by atoms with E-state index in [0.29, 0.717) is 41.2 Å². The molecule has 0 aromatic carbocycles. The molecule has 2 saturated carbocycles. The molecule has 1 saturated heterocycles. The molecule has 0 radical (unpaired) electrons. The zero-order valence-corrected chi connectivity index (χ0v) is 19.3. The number of nitrogen functional groups attached to an aromatic ring is 1. The maximum Gasteiger partial charge on any atom is 0.419 e. The van der Waals surface area contributed by atoms with E-state index in [9.17, 15) is 13.2 Å². The molecule has 180 valence electrons. The lowest BCUT2D eigenvalue weighted by Gasteiger charge is -2.37. The second-order valence-electron chi connectivity index (χ2n) is 10.1. The number of methoxy groups -OCH3 is 1. The van der Waals surface area contributed by atoms with Crippen molar-refractivity contribution < 1.29 is 17.9 Å². The zero-order chi connectivity index (χ0) is 23.5. The van der Waals surface area contributed by atoms with E-state index in [1.807, 2.05) is 10.7 Å². The van der Waals surface area contributed by atoms with Crippen molar-refractivity contribution in [2.75, 3.05) is 25.9 Å². The van der Waals surface area contributed by atoms with Crippen LogP contribution in [0.5, 0.6) is 0 Å². The van der Waals surface area contributed by atoms with Gasteiger partial charge < -0.3 is 10.5 Å². The molecule has 0 amide bonds. The van der Waals surface area contributed by atoms with E-state index in [1.165, 1.54) is 25.5 Å². The van der Waals surface area contributed by atoms with E-state index in [1.54, 1.807) is 7.11 Å². The van der Waals surface area contributed by atoms with Crippen LogP contribution in [0, 0.1) is 11.8 Å². The Morgan fingerprint density at radius 3 is 2.55 bits per heavy atom. The average Bonchev–Trinajstić information content (AvgIpc) is 3.13. The monoisotopic (exact) mass is 463 g/mol. The minimum atomic E-state index is -4.55. The second-order valence-corrected chi connectivity index (χ2v) is 10.1. The molecule has 6 nitrogen and oxygen atoms in total. The van der Waals surface area contributed by atoms with E-state index >= 15 is 0 Å². The van der Waals surface area contributed by atoms with Gasteiger partial charge in [0, 0.05) is 49.1 Å². The SMILES string of the molecule is CO[C@H]1CCCN(C2C[C@@H]3[C@H](C2)[C@H]3c2cc(-c3cnc(N)c(C(F)(F)F)c3)nn2C(C)C)C1. The number of rotatable bonds is 5. The Morgan fingerprint density at radius 1 is 1.18 bits per heavy atom. The molecule has 33 heavy (non-hydrogen) atoms. The van der Waals surface area contributed by atoms with Gasteiger partial charge in [-0.25, -0.2) is 4.98 Å². The highest BCUT2D eigenvalue weighted by molar-refractivity contribution is 5.63. The summed E-state index contributed by atoms with van der Waals surface area (Å²) < 4.78 is 47.6. The fourth-order valence-corrected chi connectivity index (χ4v) is 6.09. The van der Waals surface area contributed by atoms with Crippen LogP contribution in [0.1, 0.15) is 62.7 Å². The lowest BCUT2D eigenvalue weighted by Crippen LogP contribution is -2.44. The standard InChI is InChI=1S/C24H32F3N5O/c1-13(2)32-21(10-20(30-32)14-7-19(24(25,26)27)23(28)29-11-14)22-17-8-15(9-18(17)22)31-6-4-5-16(12-31)33-3/h7,10-11,13,15-18,22H,4-6,8-9,12H2,1-3H3,(H2,28,29)/t15?,16-,17-,18+,22+/m0/s1. The van der Waals surface area contributed by atoms with Crippen LogP contribution in [0.4, 0.5) is 19.0 Å². The van der Waals surface area contributed by atoms with Crippen molar-refractivity contribution in [2.45, 2.75) is 69.8 Å². The van der Waals surface area contributed by atoms with Gasteiger partial charge in [-0.2, -0.15) is 18.3 Å². The van der Waals surface area contributed by atoms with Crippen molar-refractivity contribution >= 4 is 5.82 Å². The molecule has 5 rings (SSSR count). The van der Waals surface area contributed by atoms with Gasteiger partial charge >= 0.3 is 6.18 Å². The summed E-state index contributed by atoms with van der Waals surface area (Å²) in [6, 6.07) is 3.76. The number of nitrogens with zero attached hydrogens (tertiary/aromatic N) is 4. The average molecular weight is 464 g/mol. The molecule has 0 spiro atoms. The van der Waals surface area contributed by atoms with Crippen LogP contribution in [-0.4, -0.2) is 52.0 Å². The number of aromatic nitrogens is 3. The number of piperidine rings is 1. The van der Waals surface area contributed by atoms with Crippen LogP contribution in [0.3, 0.4) is 0 Å². The highest BCUT2D eigenvalue weighted by atomic mass is 19.4. The number of halogens is 3. The van der Waals surface area contributed by atoms with Gasteiger partial charge in [0.2, 0.25) is 0 Å². The summed E-state index contributed by atoms with van der Waals surface area (Å²) in [7, 11) is 1.80. The van der Waals surface area contributed by atoms with Crippen LogP contribution >= 0.6 is 0 Å². The van der Waals surface area contributed by atoms with Gasteiger partial charge in [0.25, 0.3) is 0 Å². The van der Waals surface area contributed by atoms with Gasteiger partial charge in [-0.05, 0) is 70.0 Å². The van der Waals surface area contributed by atoms with Crippen LogP contribution in [-0.2, 0) is 10.9 Å². The molecule has 2 N–H and O–H groups in total. The van der Waals surface area contributed by atoms with E-state index in [-0.39, 0.29) is 6.04 Å². The zero-order valence-electron chi connectivity index (χ0n) is 19.3. The molecular formula is C24H32F3N5O. The number of nitrogens with two attached hydrogens (primary N) is 1. The molecule has 3 aliphatic rings. The summed E-state index contributed by atoms with van der Waals surface area (Å²) in [5.74, 6) is 1.16. The van der Waals surface area contributed by atoms with E-state index < -0.39 is 17.6 Å². The summed E-state index contributed by atoms with van der Waals surface area (Å²) in [6.45, 7) is 6.28. The van der Waals surface area contributed by atoms with Gasteiger partial charge in [0.1, 0.15) is 5.82 Å². The molecule has 5 atom stereocenters. The molecule has 0 bridgehead atoms. The lowest BCUT2D eigenvalue weighted by atomic mass is 9.99. The predicted octanol–water partition coefficient (Wildman–Crippen LogP) is 4.73. The Bertz CT molecular complexity index is 1010. The summed E-state index contributed by atoms with van der Waals surface area (Å²) in [5.41, 5.74) is 6.57. The first-order valence-corrected chi connectivity index (χ1v) is 11.9. The van der Waals surface area contributed by atoms with Crippen molar-refractivity contribution in [1.82, 2.24) is 19.7 Å². The van der Waals surface area contributed by atoms with Gasteiger partial charge in [-0.15, -0.1) is 0 Å². The Kier molecular flexibility index (Phi) is 5.68. The van der Waals surface area contributed by atoms with Crippen LogP contribution in [0.2, 0.25) is 0 Å². The summed E-state index contributed by atoms with van der Waals surface area (Å²) in [6.07, 6.45) is 1.85. The predicted molar refractivity (Wildman–Crippen MR) is 120 cm³/mol. The Hall–Kier alpha value is -2.13. The Morgan fingerprint density at radius 2 is 1.91 bits per heavy atom. The molecule has 3 fully saturated rings. The van der Waals surface area contributed by atoms with Crippen molar-refractivity contribution in [3.05, 3.63) is 29.6 Å². The quantitative estimate of drug-likeness (QED) is 0.694. The summed E-state index contributed by atoms with van der Waals surface area (Å²) in [4.78, 5) is 6.39. The topological polar surface area (TPSA) is 69.2 Å². The second kappa shape index (κ2) is 8.27. The summed E-state index contributed by atoms with van der Waals surface area (Å²) in [5, 5.41) is 4.69. The van der Waals surface area contributed by atoms with E-state index in [2.05, 4.69) is 23.7 Å². The first-order chi connectivity index (χ1) is 15.7. The highest BCUT2D eigenvalue weighted by Gasteiger charge is 2.58. The smallest absolute Gasteiger partial charge is 0.383 e. The van der Waals surface area contributed by atoms with E-state index in [0.717, 1.165) is 31.3 Å². The van der Waals surface area contributed by atoms with Gasteiger partial charge in [-0.1, -0.05) is 0 Å². The minimum Gasteiger partial charge on any atom is -0.383 e. The molecular weight excluding hydrogens is 431 g/mol. The number of hydrogen-bond acceptors (Lipinski definition) is 5. The molecule has 2 aliphatic carbocycles. The number of ether oxygens (including phenoxy) is 1. The Labute approximate surface area is 192 Å². The van der Waals surface area contributed by atoms with Gasteiger partial charge in [0.15, 0.2) is 0 Å². The number of alkyl halides is 3. The number of anilines is 1. The summed E-state index contributed by atoms with van der Waals surface area (Å²) >= 11 is 0. The van der Waals surface area contributed by atoms with Gasteiger partial charge in [-0.3, -0.25) is 9.58 Å². The number of hydrogen-bond donors (Lipinski definition) is 1. The van der Waals surface area contributed by atoms with Crippen LogP contribution < -0.4 is 5.73 Å². The molecule has 1 aliphatic heterocycles. The maximum atomic E-state index is 13.3. The molecule has 2 aromatic heterocycles. The molecule has 9 heteroatoms. The first kappa shape index (κ1) is 22.7. The minimum absolute atomic E-state index is 0.124. The Balaban J connectivity index is 1.35. The maximum absolute atomic E-state index is 13.3. The number of pyridine rings is 1. The largest absolute Gasteiger partial charge is 0.419 e. The fourth-order valence-electron chi connectivity index (χ4n) is 6.09. The normalized spacial score (nSPS) is 30.1. The molecule has 1 unspecified atom stereocenters. The number of likely N-dealkylation sites (tertiary alicyclic amines) is 1.